The Morgan fingerprint density at radius 1 is 1.18 bits per heavy atom. The summed E-state index contributed by atoms with van der Waals surface area (Å²) in [5.74, 6) is 0.265. The lowest BCUT2D eigenvalue weighted by molar-refractivity contribution is 0.678. The van der Waals surface area contributed by atoms with Crippen LogP contribution in [0.25, 0.3) is 0 Å². The second kappa shape index (κ2) is 7.71. The van der Waals surface area contributed by atoms with Crippen LogP contribution in [0, 0.1) is 5.41 Å². The van der Waals surface area contributed by atoms with Crippen LogP contribution in [-0.4, -0.2) is 18.9 Å². The van der Waals surface area contributed by atoms with Crippen molar-refractivity contribution in [3.63, 3.8) is 0 Å². The molecule has 0 amide bonds. The molecule has 0 saturated heterocycles. The average Bonchev–Trinajstić information content (AvgIpc) is 2.34. The van der Waals surface area contributed by atoms with E-state index < -0.39 is 0 Å². The quantitative estimate of drug-likeness (QED) is 0.412. The van der Waals surface area contributed by atoms with Crippen LogP contribution in [0.3, 0.4) is 0 Å². The van der Waals surface area contributed by atoms with E-state index in [0.29, 0.717) is 6.42 Å². The first kappa shape index (κ1) is 13.6. The van der Waals surface area contributed by atoms with Crippen LogP contribution >= 0.6 is 0 Å². The van der Waals surface area contributed by atoms with Crippen LogP contribution in [-0.2, 0) is 0 Å². The van der Waals surface area contributed by atoms with Crippen molar-refractivity contribution >= 4 is 11.5 Å². The summed E-state index contributed by atoms with van der Waals surface area (Å²) in [6, 6.07) is 10.4. The number of nitrogens with zero attached hydrogens (tertiary/aromatic N) is 1. The molecular formula is C14H23N3. The van der Waals surface area contributed by atoms with E-state index in [0.717, 1.165) is 13.1 Å². The minimum atomic E-state index is 0.265. The number of rotatable bonds is 8. The molecule has 3 nitrogen and oxygen atoms in total. The molecular weight excluding hydrogens is 210 g/mol. The molecule has 0 aliphatic rings. The van der Waals surface area contributed by atoms with Gasteiger partial charge in [0.25, 0.3) is 0 Å². The van der Waals surface area contributed by atoms with Crippen LogP contribution in [0.1, 0.15) is 32.6 Å². The first-order chi connectivity index (χ1) is 8.24. The predicted octanol–water partition coefficient (Wildman–Crippen LogP) is 3.01. The van der Waals surface area contributed by atoms with E-state index in [9.17, 15) is 0 Å². The second-order valence-corrected chi connectivity index (χ2v) is 4.30. The fraction of sp³-hybridized carbons (Fsp3) is 0.500. The highest BCUT2D eigenvalue weighted by Crippen LogP contribution is 2.14. The largest absolute Gasteiger partial charge is 0.388 e. The summed E-state index contributed by atoms with van der Waals surface area (Å²) in [6.45, 7) is 4.09. The summed E-state index contributed by atoms with van der Waals surface area (Å²) in [5.41, 5.74) is 6.66. The molecule has 0 spiro atoms. The van der Waals surface area contributed by atoms with Crippen molar-refractivity contribution in [1.29, 1.82) is 5.41 Å². The Kier molecular flexibility index (Phi) is 6.15. The zero-order chi connectivity index (χ0) is 12.5. The lowest BCUT2D eigenvalue weighted by Gasteiger charge is -2.24. The van der Waals surface area contributed by atoms with Gasteiger partial charge < -0.3 is 10.6 Å². The predicted molar refractivity (Wildman–Crippen MR) is 74.7 cm³/mol. The number of hydrogen-bond donors (Lipinski definition) is 2. The lowest BCUT2D eigenvalue weighted by atomic mass is 10.2. The molecule has 0 radical (unpaired) electrons. The monoisotopic (exact) mass is 233 g/mol. The summed E-state index contributed by atoms with van der Waals surface area (Å²) in [5, 5.41) is 7.31. The van der Waals surface area contributed by atoms with Crippen molar-refractivity contribution in [3.8, 4) is 0 Å². The van der Waals surface area contributed by atoms with Crippen LogP contribution in [0.4, 0.5) is 5.69 Å². The number of anilines is 1. The maximum atomic E-state index is 7.31. The van der Waals surface area contributed by atoms with E-state index >= 15 is 0 Å². The van der Waals surface area contributed by atoms with Gasteiger partial charge in [0.15, 0.2) is 0 Å². The van der Waals surface area contributed by atoms with E-state index in [-0.39, 0.29) is 5.84 Å². The third-order valence-corrected chi connectivity index (χ3v) is 2.80. The minimum absolute atomic E-state index is 0.265. The van der Waals surface area contributed by atoms with Crippen LogP contribution in [0.2, 0.25) is 0 Å². The van der Waals surface area contributed by atoms with Crippen molar-refractivity contribution in [2.75, 3.05) is 18.0 Å². The van der Waals surface area contributed by atoms with Gasteiger partial charge in [0.2, 0.25) is 0 Å². The molecule has 0 aliphatic carbocycles. The number of amidine groups is 1. The summed E-state index contributed by atoms with van der Waals surface area (Å²) >= 11 is 0. The summed E-state index contributed by atoms with van der Waals surface area (Å²) in [7, 11) is 0. The Morgan fingerprint density at radius 3 is 2.47 bits per heavy atom. The van der Waals surface area contributed by atoms with E-state index in [2.05, 4.69) is 36.1 Å². The van der Waals surface area contributed by atoms with Crippen molar-refractivity contribution in [3.05, 3.63) is 30.3 Å². The van der Waals surface area contributed by atoms with Gasteiger partial charge in [-0.2, -0.15) is 0 Å². The average molecular weight is 233 g/mol. The Bertz CT molecular complexity index is 321. The van der Waals surface area contributed by atoms with Crippen LogP contribution in [0.5, 0.6) is 0 Å². The SMILES string of the molecule is CCCCCN(CCC(=N)N)c1ccccc1. The first-order valence-corrected chi connectivity index (χ1v) is 6.37. The van der Waals surface area contributed by atoms with Crippen molar-refractivity contribution in [1.82, 2.24) is 0 Å². The highest BCUT2D eigenvalue weighted by Gasteiger charge is 2.05. The van der Waals surface area contributed by atoms with Gasteiger partial charge in [-0.05, 0) is 18.6 Å². The Balaban J connectivity index is 2.55. The molecule has 0 saturated carbocycles. The van der Waals surface area contributed by atoms with Gasteiger partial charge in [-0.3, -0.25) is 5.41 Å². The number of nitrogens with two attached hydrogens (primary N) is 1. The molecule has 0 unspecified atom stereocenters. The number of hydrogen-bond acceptors (Lipinski definition) is 2. The van der Waals surface area contributed by atoms with Gasteiger partial charge in [0.05, 0.1) is 5.84 Å². The highest BCUT2D eigenvalue weighted by molar-refractivity contribution is 5.77. The molecule has 0 aliphatic heterocycles. The second-order valence-electron chi connectivity index (χ2n) is 4.30. The third-order valence-electron chi connectivity index (χ3n) is 2.80. The molecule has 3 heteroatoms. The lowest BCUT2D eigenvalue weighted by Crippen LogP contribution is -2.28. The maximum Gasteiger partial charge on any atom is 0.0923 e. The van der Waals surface area contributed by atoms with E-state index in [4.69, 9.17) is 11.1 Å². The summed E-state index contributed by atoms with van der Waals surface area (Å²) < 4.78 is 0. The topological polar surface area (TPSA) is 53.1 Å². The third kappa shape index (κ3) is 5.38. The van der Waals surface area contributed by atoms with Crippen molar-refractivity contribution in [2.24, 2.45) is 5.73 Å². The standard InChI is InChI=1S/C14H23N3/c1-2-3-7-11-17(12-10-14(15)16)13-8-5-4-6-9-13/h4-6,8-9H,2-3,7,10-12H2,1H3,(H3,15,16). The van der Waals surface area contributed by atoms with Gasteiger partial charge in [-0.1, -0.05) is 38.0 Å². The number of unbranched alkanes of at least 4 members (excludes halogenated alkanes) is 2. The zero-order valence-corrected chi connectivity index (χ0v) is 10.7. The molecule has 0 heterocycles. The van der Waals surface area contributed by atoms with Crippen molar-refractivity contribution in [2.45, 2.75) is 32.6 Å². The highest BCUT2D eigenvalue weighted by atomic mass is 15.1. The number of nitrogens with one attached hydrogen (secondary N) is 1. The fourth-order valence-electron chi connectivity index (χ4n) is 1.82. The van der Waals surface area contributed by atoms with Gasteiger partial charge in [-0.25, -0.2) is 0 Å². The van der Waals surface area contributed by atoms with Gasteiger partial charge in [-0.15, -0.1) is 0 Å². The molecule has 17 heavy (non-hydrogen) atoms. The number of benzene rings is 1. The number of para-hydroxylation sites is 1. The van der Waals surface area contributed by atoms with E-state index in [1.54, 1.807) is 0 Å². The van der Waals surface area contributed by atoms with Crippen molar-refractivity contribution < 1.29 is 0 Å². The fourth-order valence-corrected chi connectivity index (χ4v) is 1.82. The summed E-state index contributed by atoms with van der Waals surface area (Å²) in [4.78, 5) is 2.32. The maximum absolute atomic E-state index is 7.31. The molecule has 0 atom stereocenters. The van der Waals surface area contributed by atoms with Gasteiger partial charge in [0.1, 0.15) is 0 Å². The minimum Gasteiger partial charge on any atom is -0.388 e. The van der Waals surface area contributed by atoms with Gasteiger partial charge >= 0.3 is 0 Å². The van der Waals surface area contributed by atoms with Crippen LogP contribution in [0.15, 0.2) is 30.3 Å². The zero-order valence-electron chi connectivity index (χ0n) is 10.7. The molecule has 1 aromatic carbocycles. The molecule has 0 aromatic heterocycles. The Morgan fingerprint density at radius 2 is 1.88 bits per heavy atom. The van der Waals surface area contributed by atoms with Crippen LogP contribution < -0.4 is 10.6 Å². The first-order valence-electron chi connectivity index (χ1n) is 6.37. The Hall–Kier alpha value is -1.51. The molecule has 1 aromatic rings. The smallest absolute Gasteiger partial charge is 0.0923 e. The van der Waals surface area contributed by atoms with Gasteiger partial charge in [0, 0.05) is 25.2 Å². The normalized spacial score (nSPS) is 10.2. The molecule has 0 fully saturated rings. The van der Waals surface area contributed by atoms with E-state index in [1.807, 2.05) is 6.07 Å². The summed E-state index contributed by atoms with van der Waals surface area (Å²) in [6.07, 6.45) is 4.32. The molecule has 1 rings (SSSR count). The molecule has 0 bridgehead atoms. The Labute approximate surface area is 104 Å². The molecule has 3 N–H and O–H groups in total. The molecule has 94 valence electrons. The van der Waals surface area contributed by atoms with E-state index in [1.165, 1.54) is 24.9 Å².